The summed E-state index contributed by atoms with van der Waals surface area (Å²) >= 11 is 0. The van der Waals surface area contributed by atoms with Gasteiger partial charge in [0, 0.05) is 38.5 Å². The van der Waals surface area contributed by atoms with Crippen LogP contribution in [0.4, 0.5) is 0 Å². The van der Waals surface area contributed by atoms with Crippen molar-refractivity contribution >= 4 is 17.0 Å². The molecule has 1 aromatic heterocycles. The number of oxazole rings is 1. The predicted molar refractivity (Wildman–Crippen MR) is 93.0 cm³/mol. The summed E-state index contributed by atoms with van der Waals surface area (Å²) in [6, 6.07) is 6.77. The third-order valence-corrected chi connectivity index (χ3v) is 5.55. The lowest BCUT2D eigenvalue weighted by atomic mass is 10.0. The average Bonchev–Trinajstić information content (AvgIpc) is 3.21. The van der Waals surface area contributed by atoms with Gasteiger partial charge < -0.3 is 9.32 Å². The molecule has 1 amide bonds. The van der Waals surface area contributed by atoms with E-state index in [9.17, 15) is 4.79 Å². The van der Waals surface area contributed by atoms with Crippen molar-refractivity contribution in [3.8, 4) is 0 Å². The molecule has 5 nitrogen and oxygen atoms in total. The van der Waals surface area contributed by atoms with E-state index in [-0.39, 0.29) is 5.91 Å². The summed E-state index contributed by atoms with van der Waals surface area (Å²) in [6.45, 7) is 7.66. The molecule has 3 heterocycles. The lowest BCUT2D eigenvalue weighted by Gasteiger charge is -2.36. The Balaban J connectivity index is 1.41. The molecule has 1 atom stereocenters. The molecule has 0 aliphatic carbocycles. The summed E-state index contributed by atoms with van der Waals surface area (Å²) in [7, 11) is 0. The van der Waals surface area contributed by atoms with Crippen LogP contribution in [0.5, 0.6) is 0 Å². The minimum atomic E-state index is 0.203. The number of carbonyl (C=O) groups is 1. The Bertz CT molecular complexity index is 746. The smallest absolute Gasteiger partial charge is 0.219 e. The molecule has 2 fully saturated rings. The van der Waals surface area contributed by atoms with E-state index in [1.165, 1.54) is 5.56 Å². The van der Waals surface area contributed by atoms with Gasteiger partial charge in [0.15, 0.2) is 11.5 Å². The number of hydrogen-bond donors (Lipinski definition) is 0. The lowest BCUT2D eigenvalue weighted by molar-refractivity contribution is -0.130. The number of aryl methyl sites for hydroxylation is 1. The molecule has 0 spiro atoms. The van der Waals surface area contributed by atoms with Crippen LogP contribution in [0.25, 0.3) is 11.1 Å². The van der Waals surface area contributed by atoms with Crippen LogP contribution in [0.3, 0.4) is 0 Å². The van der Waals surface area contributed by atoms with Gasteiger partial charge in [0.05, 0.1) is 0 Å². The zero-order valence-corrected chi connectivity index (χ0v) is 14.5. The van der Waals surface area contributed by atoms with E-state index in [1.54, 1.807) is 6.92 Å². The summed E-state index contributed by atoms with van der Waals surface area (Å²) < 4.78 is 6.00. The van der Waals surface area contributed by atoms with E-state index in [2.05, 4.69) is 24.0 Å². The van der Waals surface area contributed by atoms with Crippen molar-refractivity contribution in [1.82, 2.24) is 14.8 Å². The molecule has 128 valence electrons. The fraction of sp³-hybridized carbons (Fsp3) is 0.579. The number of likely N-dealkylation sites (tertiary alicyclic amines) is 2. The van der Waals surface area contributed by atoms with Gasteiger partial charge in [-0.25, -0.2) is 4.98 Å². The van der Waals surface area contributed by atoms with Crippen LogP contribution in [-0.2, 0) is 4.79 Å². The van der Waals surface area contributed by atoms with E-state index < -0.39 is 0 Å². The van der Waals surface area contributed by atoms with Crippen LogP contribution >= 0.6 is 0 Å². The number of carbonyl (C=O) groups excluding carboxylic acids is 1. The summed E-state index contributed by atoms with van der Waals surface area (Å²) in [5.41, 5.74) is 3.08. The number of hydrogen-bond acceptors (Lipinski definition) is 4. The van der Waals surface area contributed by atoms with Crippen molar-refractivity contribution in [1.29, 1.82) is 0 Å². The maximum atomic E-state index is 11.5. The van der Waals surface area contributed by atoms with Gasteiger partial charge in [-0.1, -0.05) is 6.07 Å². The number of benzene rings is 1. The van der Waals surface area contributed by atoms with Crippen LogP contribution in [0.2, 0.25) is 0 Å². The maximum absolute atomic E-state index is 11.5. The van der Waals surface area contributed by atoms with Gasteiger partial charge in [-0.05, 0) is 50.4 Å². The highest BCUT2D eigenvalue weighted by atomic mass is 16.3. The van der Waals surface area contributed by atoms with Gasteiger partial charge in [0.25, 0.3) is 0 Å². The lowest BCUT2D eigenvalue weighted by Crippen LogP contribution is -2.45. The van der Waals surface area contributed by atoms with E-state index in [4.69, 9.17) is 9.40 Å². The Morgan fingerprint density at radius 2 is 2.00 bits per heavy atom. The Hall–Kier alpha value is -1.88. The van der Waals surface area contributed by atoms with Gasteiger partial charge in [-0.2, -0.15) is 0 Å². The second kappa shape index (κ2) is 6.20. The second-order valence-electron chi connectivity index (χ2n) is 7.24. The molecule has 0 radical (unpaired) electrons. The first-order valence-corrected chi connectivity index (χ1v) is 8.97. The predicted octanol–water partition coefficient (Wildman–Crippen LogP) is 2.94. The summed E-state index contributed by atoms with van der Waals surface area (Å²) in [4.78, 5) is 20.7. The first kappa shape index (κ1) is 15.6. The molecule has 1 aromatic carbocycles. The molecule has 0 bridgehead atoms. The van der Waals surface area contributed by atoms with Crippen molar-refractivity contribution in [2.75, 3.05) is 26.2 Å². The standard InChI is InChI=1S/C19H25N3O2/c1-13-3-4-18-17(11-13)20-19(24-18)15-5-8-22(12-15)16-6-9-21(10-7-16)14(2)23/h3-4,11,15-16H,5-10,12H2,1-2H3/t15-/m0/s1. The first-order valence-electron chi connectivity index (χ1n) is 8.97. The number of amides is 1. The van der Waals surface area contributed by atoms with Gasteiger partial charge in [0.1, 0.15) is 5.52 Å². The average molecular weight is 327 g/mol. The molecule has 4 rings (SSSR count). The highest BCUT2D eigenvalue weighted by Crippen LogP contribution is 2.32. The van der Waals surface area contributed by atoms with Gasteiger partial charge in [-0.3, -0.25) is 9.69 Å². The number of aromatic nitrogens is 1. The van der Waals surface area contributed by atoms with E-state index in [0.29, 0.717) is 12.0 Å². The highest BCUT2D eigenvalue weighted by molar-refractivity contribution is 5.73. The Labute approximate surface area is 142 Å². The zero-order valence-electron chi connectivity index (χ0n) is 14.5. The molecule has 24 heavy (non-hydrogen) atoms. The molecule has 2 aromatic rings. The van der Waals surface area contributed by atoms with Crippen molar-refractivity contribution in [3.05, 3.63) is 29.7 Å². The van der Waals surface area contributed by atoms with Crippen LogP contribution in [0.15, 0.2) is 22.6 Å². The van der Waals surface area contributed by atoms with Crippen molar-refractivity contribution < 1.29 is 9.21 Å². The summed E-state index contributed by atoms with van der Waals surface area (Å²) in [6.07, 6.45) is 3.27. The first-order chi connectivity index (χ1) is 11.6. The zero-order chi connectivity index (χ0) is 16.7. The molecule has 0 saturated carbocycles. The monoisotopic (exact) mass is 327 g/mol. The molecule has 2 aliphatic heterocycles. The summed E-state index contributed by atoms with van der Waals surface area (Å²) in [5, 5.41) is 0. The molecular weight excluding hydrogens is 302 g/mol. The number of rotatable bonds is 2. The fourth-order valence-electron chi connectivity index (χ4n) is 4.10. The Morgan fingerprint density at radius 3 is 2.75 bits per heavy atom. The normalized spacial score (nSPS) is 23.2. The number of piperidine rings is 1. The Kier molecular flexibility index (Phi) is 4.04. The van der Waals surface area contributed by atoms with Crippen LogP contribution < -0.4 is 0 Å². The van der Waals surface area contributed by atoms with E-state index in [1.807, 2.05) is 11.0 Å². The van der Waals surface area contributed by atoms with Crippen molar-refractivity contribution in [2.45, 2.75) is 45.1 Å². The topological polar surface area (TPSA) is 49.6 Å². The molecule has 5 heteroatoms. The molecule has 0 N–H and O–H groups in total. The molecule has 2 saturated heterocycles. The SMILES string of the molecule is CC(=O)N1CCC(N2CC[C@H](c3nc4cc(C)ccc4o3)C2)CC1. The minimum absolute atomic E-state index is 0.203. The van der Waals surface area contributed by atoms with Gasteiger partial charge >= 0.3 is 0 Å². The van der Waals surface area contributed by atoms with E-state index >= 15 is 0 Å². The summed E-state index contributed by atoms with van der Waals surface area (Å²) in [5.74, 6) is 1.48. The Morgan fingerprint density at radius 1 is 1.21 bits per heavy atom. The van der Waals surface area contributed by atoms with Gasteiger partial charge in [-0.15, -0.1) is 0 Å². The highest BCUT2D eigenvalue weighted by Gasteiger charge is 2.33. The third kappa shape index (κ3) is 2.93. The van der Waals surface area contributed by atoms with Crippen molar-refractivity contribution in [2.24, 2.45) is 0 Å². The van der Waals surface area contributed by atoms with E-state index in [0.717, 1.165) is 62.4 Å². The maximum Gasteiger partial charge on any atom is 0.219 e. The number of fused-ring (bicyclic) bond motifs is 1. The number of nitrogens with zero attached hydrogens (tertiary/aromatic N) is 3. The third-order valence-electron chi connectivity index (χ3n) is 5.55. The van der Waals surface area contributed by atoms with Gasteiger partial charge in [0.2, 0.25) is 5.91 Å². The largest absolute Gasteiger partial charge is 0.440 e. The molecule has 0 unspecified atom stereocenters. The van der Waals surface area contributed by atoms with Crippen LogP contribution in [0.1, 0.15) is 43.6 Å². The second-order valence-corrected chi connectivity index (χ2v) is 7.24. The molecular formula is C19H25N3O2. The fourth-order valence-corrected chi connectivity index (χ4v) is 4.10. The van der Waals surface area contributed by atoms with Crippen LogP contribution in [0, 0.1) is 6.92 Å². The minimum Gasteiger partial charge on any atom is -0.440 e. The molecule has 2 aliphatic rings. The van der Waals surface area contributed by atoms with Crippen LogP contribution in [-0.4, -0.2) is 52.9 Å². The van der Waals surface area contributed by atoms with Crippen molar-refractivity contribution in [3.63, 3.8) is 0 Å². The quantitative estimate of drug-likeness (QED) is 0.851.